The molecular weight excluding hydrogens is 254 g/mol. The molecule has 1 aliphatic rings. The number of nitrogens with zero attached hydrogens (tertiary/aromatic N) is 1. The maximum atomic E-state index is 4.67. The molecule has 4 heteroatoms. The van der Waals surface area contributed by atoms with Crippen LogP contribution < -0.4 is 10.6 Å². The van der Waals surface area contributed by atoms with Crippen molar-refractivity contribution in [3.05, 3.63) is 29.3 Å². The highest BCUT2D eigenvalue weighted by Gasteiger charge is 2.12. The van der Waals surface area contributed by atoms with E-state index in [-0.39, 0.29) is 0 Å². The Labute approximate surface area is 118 Å². The Morgan fingerprint density at radius 1 is 1.26 bits per heavy atom. The van der Waals surface area contributed by atoms with Gasteiger partial charge in [-0.3, -0.25) is 0 Å². The lowest BCUT2D eigenvalue weighted by atomic mass is 9.98. The summed E-state index contributed by atoms with van der Waals surface area (Å²) in [6.07, 6.45) is 3.67. The van der Waals surface area contributed by atoms with Crippen LogP contribution in [0.2, 0.25) is 0 Å². The fraction of sp³-hybridized carbons (Fsp3) is 0.533. The summed E-state index contributed by atoms with van der Waals surface area (Å²) < 4.78 is 1.30. The van der Waals surface area contributed by atoms with Gasteiger partial charge in [-0.05, 0) is 50.5 Å². The first-order valence-electron chi connectivity index (χ1n) is 7.18. The van der Waals surface area contributed by atoms with E-state index in [4.69, 9.17) is 0 Å². The second kappa shape index (κ2) is 6.46. The van der Waals surface area contributed by atoms with E-state index >= 15 is 0 Å². The molecule has 0 radical (unpaired) electrons. The molecule has 0 spiro atoms. The van der Waals surface area contributed by atoms with Crippen molar-refractivity contribution < 1.29 is 0 Å². The van der Waals surface area contributed by atoms with E-state index in [9.17, 15) is 0 Å². The number of para-hydroxylation sites is 1. The van der Waals surface area contributed by atoms with E-state index < -0.39 is 0 Å². The van der Waals surface area contributed by atoms with Gasteiger partial charge in [-0.2, -0.15) is 0 Å². The molecule has 2 aromatic rings. The molecule has 1 saturated heterocycles. The average Bonchev–Trinajstić information content (AvgIpc) is 2.87. The molecule has 0 amide bonds. The lowest BCUT2D eigenvalue weighted by Crippen LogP contribution is -2.34. The van der Waals surface area contributed by atoms with Crippen LogP contribution in [0.25, 0.3) is 10.2 Å². The minimum atomic E-state index is 0.858. The van der Waals surface area contributed by atoms with Crippen LogP contribution in [0.15, 0.2) is 24.3 Å². The average molecular weight is 275 g/mol. The van der Waals surface area contributed by atoms with Gasteiger partial charge in [-0.15, -0.1) is 11.3 Å². The van der Waals surface area contributed by atoms with Crippen molar-refractivity contribution in [2.75, 3.05) is 26.2 Å². The molecule has 3 nitrogen and oxygen atoms in total. The van der Waals surface area contributed by atoms with Gasteiger partial charge < -0.3 is 10.6 Å². The largest absolute Gasteiger partial charge is 0.317 e. The molecule has 2 heterocycles. The summed E-state index contributed by atoms with van der Waals surface area (Å²) in [5.74, 6) is 0.858. The Morgan fingerprint density at radius 2 is 2.11 bits per heavy atom. The van der Waals surface area contributed by atoms with Gasteiger partial charge in [0.05, 0.1) is 15.2 Å². The normalized spacial score (nSPS) is 17.1. The topological polar surface area (TPSA) is 37.0 Å². The van der Waals surface area contributed by atoms with Crippen LogP contribution in [0.5, 0.6) is 0 Å². The number of nitrogens with one attached hydrogen (secondary N) is 2. The maximum absolute atomic E-state index is 4.67. The van der Waals surface area contributed by atoms with Crippen molar-refractivity contribution in [3.8, 4) is 0 Å². The summed E-state index contributed by atoms with van der Waals surface area (Å²) >= 11 is 1.82. The zero-order chi connectivity index (χ0) is 12.9. The van der Waals surface area contributed by atoms with Gasteiger partial charge >= 0.3 is 0 Å². The van der Waals surface area contributed by atoms with Crippen LogP contribution in [0.3, 0.4) is 0 Å². The number of thiazole rings is 1. The Hall–Kier alpha value is -0.970. The molecule has 3 rings (SSSR count). The van der Waals surface area contributed by atoms with Crippen LogP contribution in [0.1, 0.15) is 17.8 Å². The lowest BCUT2D eigenvalue weighted by Gasteiger charge is -2.22. The van der Waals surface area contributed by atoms with E-state index in [0.717, 1.165) is 30.9 Å². The second-order valence-electron chi connectivity index (χ2n) is 5.22. The molecule has 0 saturated carbocycles. The quantitative estimate of drug-likeness (QED) is 0.823. The van der Waals surface area contributed by atoms with Gasteiger partial charge in [0.25, 0.3) is 0 Å². The third-order valence-corrected chi connectivity index (χ3v) is 4.84. The summed E-state index contributed by atoms with van der Waals surface area (Å²) in [5.41, 5.74) is 1.14. The summed E-state index contributed by atoms with van der Waals surface area (Å²) in [6, 6.07) is 8.39. The second-order valence-corrected chi connectivity index (χ2v) is 6.34. The molecule has 19 heavy (non-hydrogen) atoms. The van der Waals surface area contributed by atoms with Gasteiger partial charge in [-0.1, -0.05) is 12.1 Å². The van der Waals surface area contributed by atoms with E-state index in [2.05, 4.69) is 39.9 Å². The van der Waals surface area contributed by atoms with E-state index in [1.807, 2.05) is 11.3 Å². The third-order valence-electron chi connectivity index (χ3n) is 3.75. The first-order chi connectivity index (χ1) is 9.42. The zero-order valence-electron chi connectivity index (χ0n) is 11.2. The van der Waals surface area contributed by atoms with Crippen molar-refractivity contribution in [3.63, 3.8) is 0 Å². The molecule has 1 aromatic carbocycles. The molecule has 1 aliphatic heterocycles. The molecule has 0 aliphatic carbocycles. The van der Waals surface area contributed by atoms with Crippen molar-refractivity contribution in [1.29, 1.82) is 0 Å². The van der Waals surface area contributed by atoms with E-state index in [1.165, 1.54) is 35.6 Å². The monoisotopic (exact) mass is 275 g/mol. The highest BCUT2D eigenvalue weighted by Crippen LogP contribution is 2.21. The van der Waals surface area contributed by atoms with Crippen molar-refractivity contribution in [2.24, 2.45) is 5.92 Å². The van der Waals surface area contributed by atoms with Crippen LogP contribution in [-0.2, 0) is 6.42 Å². The molecular formula is C15H21N3S. The molecule has 1 aromatic heterocycles. The molecule has 0 atom stereocenters. The van der Waals surface area contributed by atoms with Crippen LogP contribution in [-0.4, -0.2) is 31.2 Å². The van der Waals surface area contributed by atoms with Gasteiger partial charge in [-0.25, -0.2) is 4.98 Å². The number of hydrogen-bond acceptors (Lipinski definition) is 4. The smallest absolute Gasteiger partial charge is 0.0951 e. The van der Waals surface area contributed by atoms with Gasteiger partial charge in [0.2, 0.25) is 0 Å². The summed E-state index contributed by atoms with van der Waals surface area (Å²) in [6.45, 7) is 4.57. The Bertz CT molecular complexity index is 484. The maximum Gasteiger partial charge on any atom is 0.0951 e. The Balaban J connectivity index is 1.44. The highest BCUT2D eigenvalue weighted by atomic mass is 32.1. The first-order valence-corrected chi connectivity index (χ1v) is 7.99. The number of rotatable bonds is 5. The first kappa shape index (κ1) is 13.0. The van der Waals surface area contributed by atoms with Gasteiger partial charge in [0.15, 0.2) is 0 Å². The molecule has 102 valence electrons. The molecule has 2 N–H and O–H groups in total. The van der Waals surface area contributed by atoms with Crippen LogP contribution >= 0.6 is 11.3 Å². The fourth-order valence-electron chi connectivity index (χ4n) is 2.61. The van der Waals surface area contributed by atoms with Gasteiger partial charge in [0, 0.05) is 13.0 Å². The number of fused-ring (bicyclic) bond motifs is 1. The van der Waals surface area contributed by atoms with Crippen molar-refractivity contribution in [1.82, 2.24) is 15.6 Å². The summed E-state index contributed by atoms with van der Waals surface area (Å²) in [4.78, 5) is 4.67. The van der Waals surface area contributed by atoms with Gasteiger partial charge in [0.1, 0.15) is 0 Å². The molecule has 0 bridgehead atoms. The van der Waals surface area contributed by atoms with E-state index in [0.29, 0.717) is 0 Å². The Morgan fingerprint density at radius 3 is 2.95 bits per heavy atom. The predicted molar refractivity (Wildman–Crippen MR) is 81.8 cm³/mol. The molecule has 0 unspecified atom stereocenters. The summed E-state index contributed by atoms with van der Waals surface area (Å²) in [7, 11) is 0. The number of benzene rings is 1. The zero-order valence-corrected chi connectivity index (χ0v) is 12.0. The molecule has 1 fully saturated rings. The van der Waals surface area contributed by atoms with Crippen LogP contribution in [0, 0.1) is 5.92 Å². The summed E-state index contributed by atoms with van der Waals surface area (Å²) in [5, 5.41) is 8.25. The standard InChI is InChI=1S/C15H21N3S/c1-2-4-14-13(3-1)18-15(19-14)7-10-17-11-12-5-8-16-9-6-12/h1-4,12,16-17H,5-11H2. The predicted octanol–water partition coefficient (Wildman–Crippen LogP) is 2.43. The number of hydrogen-bond donors (Lipinski definition) is 2. The number of piperidine rings is 1. The SMILES string of the molecule is c1ccc2sc(CCNCC3CCNCC3)nc2c1. The fourth-order valence-corrected chi connectivity index (χ4v) is 3.58. The minimum absolute atomic E-state index is 0.858. The minimum Gasteiger partial charge on any atom is -0.317 e. The van der Waals surface area contributed by atoms with E-state index in [1.54, 1.807) is 0 Å². The van der Waals surface area contributed by atoms with Crippen molar-refractivity contribution >= 4 is 21.6 Å². The number of aromatic nitrogens is 1. The Kier molecular flexibility index (Phi) is 4.43. The van der Waals surface area contributed by atoms with Crippen molar-refractivity contribution in [2.45, 2.75) is 19.3 Å². The lowest BCUT2D eigenvalue weighted by molar-refractivity contribution is 0.358. The van der Waals surface area contributed by atoms with Crippen LogP contribution in [0.4, 0.5) is 0 Å². The highest BCUT2D eigenvalue weighted by molar-refractivity contribution is 7.18. The third kappa shape index (κ3) is 3.53.